The predicted octanol–water partition coefficient (Wildman–Crippen LogP) is 7.64. The number of halogens is 1. The highest BCUT2D eigenvalue weighted by atomic mass is 79.9. The molecule has 0 radical (unpaired) electrons. The number of pyridine rings is 1. The lowest BCUT2D eigenvalue weighted by Crippen LogP contribution is -2.65. The summed E-state index contributed by atoms with van der Waals surface area (Å²) in [6.07, 6.45) is 5.83. The van der Waals surface area contributed by atoms with Crippen LogP contribution in [0.4, 0.5) is 0 Å². The molecule has 3 aliphatic carbocycles. The molecular weight excluding hydrogens is 670 g/mol. The quantitative estimate of drug-likeness (QED) is 0.141. The molecule has 3 aliphatic rings. The van der Waals surface area contributed by atoms with Crippen LogP contribution in [-0.4, -0.2) is 72.9 Å². The SMILES string of the molecule is CCCCOc1cnc(Br)c2c1C(=O)C1=C(O)[C@]3(O[Si](C)(C)C(C)(C)C)C(=O)c4c(OCCCC)noc4[C@@H](N(C)C)[C@@H]3C[C@@H]1C2. The van der Waals surface area contributed by atoms with Crippen molar-refractivity contribution < 1.29 is 33.1 Å². The number of aliphatic hydroxyl groups is 1. The smallest absolute Gasteiger partial charge is 0.265 e. The van der Waals surface area contributed by atoms with E-state index >= 15 is 4.79 Å². The average molecular weight is 719 g/mol. The minimum atomic E-state index is -2.78. The highest BCUT2D eigenvalue weighted by Crippen LogP contribution is 2.59. The fourth-order valence-corrected chi connectivity index (χ4v) is 8.74. The lowest BCUT2D eigenvalue weighted by Gasteiger charge is -2.55. The molecule has 12 heteroatoms. The number of nitrogens with zero attached hydrogens (tertiary/aromatic N) is 3. The fraction of sp³-hybridized carbons (Fsp3) is 0.647. The number of rotatable bonds is 11. The lowest BCUT2D eigenvalue weighted by molar-refractivity contribution is -0.0480. The summed E-state index contributed by atoms with van der Waals surface area (Å²) in [5, 5.41) is 16.6. The molecule has 0 spiro atoms. The van der Waals surface area contributed by atoms with Crippen molar-refractivity contribution in [3.8, 4) is 11.6 Å². The minimum absolute atomic E-state index is 0.0961. The Hall–Kier alpha value is -2.54. The van der Waals surface area contributed by atoms with Crippen molar-refractivity contribution in [2.24, 2.45) is 11.8 Å². The number of ketones is 2. The van der Waals surface area contributed by atoms with Crippen molar-refractivity contribution >= 4 is 35.8 Å². The van der Waals surface area contributed by atoms with Crippen molar-refractivity contribution in [2.45, 2.75) is 103 Å². The predicted molar refractivity (Wildman–Crippen MR) is 180 cm³/mol. The molecule has 2 aromatic heterocycles. The number of Topliss-reactive ketones (excluding diaryl/α,β-unsaturated/α-hetero) is 2. The number of aromatic nitrogens is 2. The van der Waals surface area contributed by atoms with E-state index in [9.17, 15) is 9.90 Å². The zero-order chi connectivity index (χ0) is 33.8. The molecule has 2 heterocycles. The maximum Gasteiger partial charge on any atom is 0.265 e. The van der Waals surface area contributed by atoms with Gasteiger partial charge in [0.15, 0.2) is 25.5 Å². The Kier molecular flexibility index (Phi) is 9.69. The second-order valence-corrected chi connectivity index (χ2v) is 20.0. The Balaban J connectivity index is 1.76. The summed E-state index contributed by atoms with van der Waals surface area (Å²) in [6.45, 7) is 15.3. The number of aliphatic hydroxyl groups excluding tert-OH is 1. The van der Waals surface area contributed by atoms with E-state index in [1.165, 1.54) is 0 Å². The van der Waals surface area contributed by atoms with Crippen LogP contribution in [0.1, 0.15) is 105 Å². The molecule has 0 bridgehead atoms. The number of hydrogen-bond donors (Lipinski definition) is 1. The first kappa shape index (κ1) is 34.8. The zero-order valence-corrected chi connectivity index (χ0v) is 31.2. The van der Waals surface area contributed by atoms with Crippen molar-refractivity contribution in [2.75, 3.05) is 27.3 Å². The Bertz CT molecular complexity index is 1550. The van der Waals surface area contributed by atoms with E-state index in [1.54, 1.807) is 6.20 Å². The zero-order valence-electron chi connectivity index (χ0n) is 28.6. The highest BCUT2D eigenvalue weighted by molar-refractivity contribution is 9.10. The molecular formula is C34H48BrN3O7Si. The number of ether oxygens (including phenoxy) is 2. The lowest BCUT2D eigenvalue weighted by atomic mass is 9.58. The number of carbonyl (C=O) groups is 2. The third-order valence-corrected chi connectivity index (χ3v) is 15.4. The van der Waals surface area contributed by atoms with Gasteiger partial charge in [0.05, 0.1) is 31.0 Å². The van der Waals surface area contributed by atoms with E-state index in [2.05, 4.69) is 73.8 Å². The average Bonchev–Trinajstić information content (AvgIpc) is 3.38. The molecule has 0 fully saturated rings. The minimum Gasteiger partial charge on any atom is -0.508 e. The Morgan fingerprint density at radius 3 is 2.37 bits per heavy atom. The molecule has 0 aliphatic heterocycles. The van der Waals surface area contributed by atoms with Gasteiger partial charge in [-0.2, -0.15) is 0 Å². The van der Waals surface area contributed by atoms with Gasteiger partial charge in [-0.1, -0.05) is 47.5 Å². The molecule has 46 heavy (non-hydrogen) atoms. The molecule has 2 aromatic rings. The Labute approximate surface area is 281 Å². The van der Waals surface area contributed by atoms with Crippen molar-refractivity contribution in [3.05, 3.63) is 44.6 Å². The summed E-state index contributed by atoms with van der Waals surface area (Å²) in [5.74, 6) is -1.24. The van der Waals surface area contributed by atoms with Gasteiger partial charge in [-0.3, -0.25) is 14.5 Å². The fourth-order valence-electron chi connectivity index (χ4n) is 6.83. The second kappa shape index (κ2) is 12.8. The van der Waals surface area contributed by atoms with Crippen LogP contribution in [0.3, 0.4) is 0 Å². The summed E-state index contributed by atoms with van der Waals surface area (Å²) in [7, 11) is 1.05. The van der Waals surface area contributed by atoms with Crippen molar-refractivity contribution in [1.82, 2.24) is 15.0 Å². The molecule has 5 rings (SSSR count). The number of carbonyl (C=O) groups excluding carboxylic acids is 2. The molecule has 10 nitrogen and oxygen atoms in total. The molecule has 0 aromatic carbocycles. The summed E-state index contributed by atoms with van der Waals surface area (Å²) in [4.78, 5) is 36.3. The van der Waals surface area contributed by atoms with E-state index in [0.717, 1.165) is 31.2 Å². The standard InChI is InChI=1S/C34H48BrN3O7Si/c1-10-12-14-42-22-18-36-31(35)20-16-19-17-21-26(38(6)7)28-25(32(37-44-28)43-15-13-11-2)30(41)34(21,45-46(8,9)33(3,4)5)29(40)23(19)27(39)24(20)22/h18-19,21,26,40H,10-17H2,1-9H3/t19-,21-,26-,34-/m0/s1. The van der Waals surface area contributed by atoms with Gasteiger partial charge in [0, 0.05) is 17.1 Å². The van der Waals surface area contributed by atoms with Gasteiger partial charge >= 0.3 is 0 Å². The summed E-state index contributed by atoms with van der Waals surface area (Å²) >= 11 is 3.58. The van der Waals surface area contributed by atoms with E-state index in [4.69, 9.17) is 18.4 Å². The molecule has 4 atom stereocenters. The van der Waals surface area contributed by atoms with E-state index in [0.29, 0.717) is 47.7 Å². The number of fused-ring (bicyclic) bond motifs is 4. The molecule has 0 saturated carbocycles. The van der Waals surface area contributed by atoms with Crippen molar-refractivity contribution in [3.63, 3.8) is 0 Å². The van der Waals surface area contributed by atoms with E-state index in [-0.39, 0.29) is 39.5 Å². The largest absolute Gasteiger partial charge is 0.508 e. The maximum absolute atomic E-state index is 15.1. The Morgan fingerprint density at radius 2 is 1.76 bits per heavy atom. The number of unbranched alkanes of at least 4 members (excludes halogenated alkanes) is 2. The third kappa shape index (κ3) is 5.56. The molecule has 0 unspecified atom stereocenters. The maximum atomic E-state index is 15.1. The van der Waals surface area contributed by atoms with Crippen LogP contribution in [0.15, 0.2) is 26.7 Å². The van der Waals surface area contributed by atoms with Crippen molar-refractivity contribution in [1.29, 1.82) is 0 Å². The van der Waals surface area contributed by atoms with Gasteiger partial charge in [-0.25, -0.2) is 4.98 Å². The molecule has 1 N–H and O–H groups in total. The summed E-state index contributed by atoms with van der Waals surface area (Å²) < 4.78 is 25.7. The van der Waals surface area contributed by atoms with Crippen LogP contribution >= 0.6 is 15.9 Å². The van der Waals surface area contributed by atoms with Crippen LogP contribution in [0, 0.1) is 11.8 Å². The van der Waals surface area contributed by atoms with Crippen LogP contribution in [0.5, 0.6) is 11.6 Å². The van der Waals surface area contributed by atoms with Crippen LogP contribution < -0.4 is 9.47 Å². The monoisotopic (exact) mass is 717 g/mol. The molecule has 0 amide bonds. The first-order valence-corrected chi connectivity index (χ1v) is 20.1. The summed E-state index contributed by atoms with van der Waals surface area (Å²) in [6, 6.07) is -0.487. The van der Waals surface area contributed by atoms with E-state index in [1.807, 2.05) is 19.0 Å². The first-order valence-electron chi connectivity index (χ1n) is 16.4. The summed E-state index contributed by atoms with van der Waals surface area (Å²) in [5.41, 5.74) is -0.340. The van der Waals surface area contributed by atoms with Crippen LogP contribution in [-0.2, 0) is 10.8 Å². The number of allylic oxidation sites excluding steroid dienone is 1. The molecule has 0 saturated heterocycles. The normalized spacial score (nSPS) is 24.5. The van der Waals surface area contributed by atoms with Gasteiger partial charge in [-0.15, -0.1) is 0 Å². The second-order valence-electron chi connectivity index (χ2n) is 14.6. The van der Waals surface area contributed by atoms with Gasteiger partial charge in [0.2, 0.25) is 5.78 Å². The van der Waals surface area contributed by atoms with Gasteiger partial charge in [-0.05, 0) is 84.9 Å². The van der Waals surface area contributed by atoms with Crippen LogP contribution in [0.25, 0.3) is 0 Å². The number of hydrogen-bond acceptors (Lipinski definition) is 10. The Morgan fingerprint density at radius 1 is 1.11 bits per heavy atom. The highest BCUT2D eigenvalue weighted by Gasteiger charge is 2.67. The topological polar surface area (TPSA) is 124 Å². The first-order chi connectivity index (χ1) is 21.6. The van der Waals surface area contributed by atoms with Gasteiger partial charge in [0.25, 0.3) is 5.88 Å². The van der Waals surface area contributed by atoms with Crippen LogP contribution in [0.2, 0.25) is 18.1 Å². The van der Waals surface area contributed by atoms with Gasteiger partial charge < -0.3 is 23.5 Å². The third-order valence-electron chi connectivity index (χ3n) is 10.3. The van der Waals surface area contributed by atoms with E-state index < -0.39 is 31.7 Å². The van der Waals surface area contributed by atoms with Gasteiger partial charge in [0.1, 0.15) is 21.7 Å². The molecule has 252 valence electrons.